The number of ether oxygens (including phenoxy) is 1. The number of nitrogens with zero attached hydrogens (tertiary/aromatic N) is 2. The van der Waals surface area contributed by atoms with Crippen molar-refractivity contribution < 1.29 is 32.6 Å². The summed E-state index contributed by atoms with van der Waals surface area (Å²) in [5.41, 5.74) is -2.45. The molecule has 2 amide bonds. The lowest BCUT2D eigenvalue weighted by atomic mass is 10.1. The molecule has 8 nitrogen and oxygen atoms in total. The lowest BCUT2D eigenvalue weighted by Gasteiger charge is -2.35. The second kappa shape index (κ2) is 7.55. The molecule has 1 aromatic carbocycles. The van der Waals surface area contributed by atoms with Crippen LogP contribution in [-0.4, -0.2) is 43.9 Å². The average molecular weight is 467 g/mol. The number of rotatable bonds is 3. The van der Waals surface area contributed by atoms with E-state index in [9.17, 15) is 32.7 Å². The molecule has 3 aliphatic rings. The van der Waals surface area contributed by atoms with Gasteiger partial charge in [-0.25, -0.2) is 13.2 Å². The van der Waals surface area contributed by atoms with Crippen LogP contribution < -0.4 is 10.7 Å². The molecule has 2 N–H and O–H groups in total. The van der Waals surface area contributed by atoms with Crippen molar-refractivity contribution in [3.05, 3.63) is 62.8 Å². The lowest BCUT2D eigenvalue weighted by Crippen LogP contribution is -2.47. The van der Waals surface area contributed by atoms with Crippen molar-refractivity contribution >= 4 is 23.8 Å². The van der Waals surface area contributed by atoms with Gasteiger partial charge in [-0.15, -0.1) is 0 Å². The normalized spacial score (nSPS) is 23.7. The SMILES string of the molecule is O=C(NCc1c(F)cc(F)cc1F)c1cn2c(c(O)c1=O)C(=O)N1SC[C@H]3C[C@@H]3OC1C2. The fourth-order valence-electron chi connectivity index (χ4n) is 3.84. The molecule has 5 rings (SSSR count). The van der Waals surface area contributed by atoms with Crippen LogP contribution in [0.3, 0.4) is 0 Å². The summed E-state index contributed by atoms with van der Waals surface area (Å²) in [6.07, 6.45) is 1.43. The van der Waals surface area contributed by atoms with Crippen molar-refractivity contribution in [1.29, 1.82) is 0 Å². The van der Waals surface area contributed by atoms with E-state index in [2.05, 4.69) is 5.32 Å². The van der Waals surface area contributed by atoms with Crippen LogP contribution in [0, 0.1) is 23.4 Å². The number of carbonyl (C=O) groups is 2. The molecule has 0 bridgehead atoms. The minimum Gasteiger partial charge on any atom is -0.503 e. The van der Waals surface area contributed by atoms with Crippen molar-refractivity contribution in [3.8, 4) is 5.75 Å². The topological polar surface area (TPSA) is 101 Å². The smallest absolute Gasteiger partial charge is 0.286 e. The predicted octanol–water partition coefficient (Wildman–Crippen LogP) is 1.75. The lowest BCUT2D eigenvalue weighted by molar-refractivity contribution is -0.0365. The zero-order valence-electron chi connectivity index (χ0n) is 16.3. The number of halogens is 3. The van der Waals surface area contributed by atoms with Crippen LogP contribution in [0.2, 0.25) is 0 Å². The predicted molar refractivity (Wildman–Crippen MR) is 105 cm³/mol. The molecular weight excluding hydrogens is 451 g/mol. The highest BCUT2D eigenvalue weighted by molar-refractivity contribution is 7.97. The summed E-state index contributed by atoms with van der Waals surface area (Å²) < 4.78 is 49.2. The highest BCUT2D eigenvalue weighted by Gasteiger charge is 2.48. The molecule has 3 heterocycles. The molecule has 32 heavy (non-hydrogen) atoms. The Labute approximate surface area is 183 Å². The highest BCUT2D eigenvalue weighted by Crippen LogP contribution is 2.44. The van der Waals surface area contributed by atoms with Gasteiger partial charge in [0.05, 0.1) is 12.6 Å². The molecule has 1 saturated carbocycles. The second-order valence-electron chi connectivity index (χ2n) is 7.80. The van der Waals surface area contributed by atoms with Gasteiger partial charge in [-0.3, -0.25) is 18.7 Å². The van der Waals surface area contributed by atoms with E-state index in [0.717, 1.165) is 12.6 Å². The van der Waals surface area contributed by atoms with Crippen LogP contribution in [0.5, 0.6) is 5.75 Å². The number of aromatic hydroxyl groups is 1. The molecule has 2 aliphatic heterocycles. The number of pyridine rings is 1. The molecule has 2 fully saturated rings. The fraction of sp³-hybridized carbons (Fsp3) is 0.350. The Kier molecular flexibility index (Phi) is 4.93. The van der Waals surface area contributed by atoms with E-state index in [1.807, 2.05) is 0 Å². The van der Waals surface area contributed by atoms with Crippen molar-refractivity contribution in [2.75, 3.05) is 5.75 Å². The van der Waals surface area contributed by atoms with E-state index in [0.29, 0.717) is 23.8 Å². The van der Waals surface area contributed by atoms with E-state index in [-0.39, 0.29) is 18.3 Å². The molecule has 168 valence electrons. The number of hydrogen-bond acceptors (Lipinski definition) is 6. The van der Waals surface area contributed by atoms with Crippen LogP contribution in [0.1, 0.15) is 32.8 Å². The first-order valence-corrected chi connectivity index (χ1v) is 10.7. The molecule has 0 spiro atoms. The summed E-state index contributed by atoms with van der Waals surface area (Å²) in [7, 11) is 0. The largest absolute Gasteiger partial charge is 0.503 e. The van der Waals surface area contributed by atoms with Gasteiger partial charge in [-0.1, -0.05) is 0 Å². The maximum atomic E-state index is 13.8. The first-order valence-electron chi connectivity index (χ1n) is 9.74. The van der Waals surface area contributed by atoms with E-state index < -0.39 is 64.3 Å². The van der Waals surface area contributed by atoms with Crippen molar-refractivity contribution in [2.45, 2.75) is 31.8 Å². The molecule has 1 saturated heterocycles. The molecule has 1 aromatic heterocycles. The van der Waals surface area contributed by atoms with E-state index in [1.165, 1.54) is 20.8 Å². The summed E-state index contributed by atoms with van der Waals surface area (Å²) >= 11 is 1.28. The van der Waals surface area contributed by atoms with E-state index in [1.54, 1.807) is 0 Å². The second-order valence-corrected chi connectivity index (χ2v) is 8.79. The molecule has 2 aromatic rings. The number of hydrogen-bond donors (Lipinski definition) is 2. The van der Waals surface area contributed by atoms with Gasteiger partial charge in [0.15, 0.2) is 17.7 Å². The standard InChI is InChI=1S/C20H16F3N3O5S/c21-9-2-12(22)10(13(23)3-9)4-24-19(29)11-5-25-6-15-26(32-7-8-1-14(8)31-15)20(30)16(25)18(28)17(11)27/h2-3,5,8,14-15,28H,1,4,6-7H2,(H,24,29)/t8-,14+,15?/m1/s1. The van der Waals surface area contributed by atoms with Crippen molar-refractivity contribution in [3.63, 3.8) is 0 Å². The molecule has 1 unspecified atom stereocenters. The van der Waals surface area contributed by atoms with Gasteiger partial charge in [0.25, 0.3) is 11.8 Å². The van der Waals surface area contributed by atoms with Crippen molar-refractivity contribution in [2.24, 2.45) is 5.92 Å². The first kappa shape index (κ1) is 20.9. The average Bonchev–Trinajstić information content (AvgIpc) is 3.48. The van der Waals surface area contributed by atoms with Crippen molar-refractivity contribution in [1.82, 2.24) is 14.2 Å². The number of amides is 2. The third-order valence-electron chi connectivity index (χ3n) is 5.67. The number of benzene rings is 1. The first-order chi connectivity index (χ1) is 15.2. The van der Waals surface area contributed by atoms with Crippen LogP contribution >= 0.6 is 11.9 Å². The maximum Gasteiger partial charge on any atom is 0.286 e. The van der Waals surface area contributed by atoms with Gasteiger partial charge in [0.1, 0.15) is 23.0 Å². The quantitative estimate of drug-likeness (QED) is 0.668. The van der Waals surface area contributed by atoms with Gasteiger partial charge in [-0.2, -0.15) is 0 Å². The summed E-state index contributed by atoms with van der Waals surface area (Å²) in [4.78, 5) is 38.0. The van der Waals surface area contributed by atoms with Crippen LogP contribution in [0.25, 0.3) is 0 Å². The van der Waals surface area contributed by atoms with Gasteiger partial charge >= 0.3 is 0 Å². The van der Waals surface area contributed by atoms with Crippen LogP contribution in [0.15, 0.2) is 23.1 Å². The summed E-state index contributed by atoms with van der Waals surface area (Å²) in [5.74, 6) is -4.97. The summed E-state index contributed by atoms with van der Waals surface area (Å²) in [6.45, 7) is -0.566. The monoisotopic (exact) mass is 467 g/mol. The minimum atomic E-state index is -1.19. The number of carbonyl (C=O) groups excluding carboxylic acids is 2. The minimum absolute atomic E-state index is 0.0445. The molecule has 3 atom stereocenters. The Hall–Kier alpha value is -2.99. The van der Waals surface area contributed by atoms with Gasteiger partial charge in [0.2, 0.25) is 5.43 Å². The van der Waals surface area contributed by atoms with E-state index in [4.69, 9.17) is 4.74 Å². The zero-order valence-corrected chi connectivity index (χ0v) is 17.1. The third-order valence-corrected chi connectivity index (χ3v) is 6.92. The third kappa shape index (κ3) is 3.43. The van der Waals surface area contributed by atoms with Crippen LogP contribution in [-0.2, 0) is 17.8 Å². The Balaban J connectivity index is 1.43. The molecule has 1 aliphatic carbocycles. The Morgan fingerprint density at radius 1 is 1.25 bits per heavy atom. The molecule has 0 radical (unpaired) electrons. The molecular formula is C20H16F3N3O5S. The Morgan fingerprint density at radius 3 is 2.69 bits per heavy atom. The zero-order chi connectivity index (χ0) is 22.7. The number of fused-ring (bicyclic) bond motifs is 3. The summed E-state index contributed by atoms with van der Waals surface area (Å²) in [5, 5.41) is 12.6. The maximum absolute atomic E-state index is 13.8. The Morgan fingerprint density at radius 2 is 1.97 bits per heavy atom. The van der Waals surface area contributed by atoms with E-state index >= 15 is 0 Å². The van der Waals surface area contributed by atoms with Gasteiger partial charge in [0, 0.05) is 36.2 Å². The fourth-order valence-corrected chi connectivity index (χ4v) is 5.03. The Bertz CT molecular complexity index is 1200. The summed E-state index contributed by atoms with van der Waals surface area (Å²) in [6, 6.07) is 0.938. The highest BCUT2D eigenvalue weighted by atomic mass is 32.2. The van der Waals surface area contributed by atoms with Gasteiger partial charge in [-0.05, 0) is 24.3 Å². The number of aromatic nitrogens is 1. The van der Waals surface area contributed by atoms with Gasteiger partial charge < -0.3 is 19.7 Å². The van der Waals surface area contributed by atoms with Crippen LogP contribution in [0.4, 0.5) is 13.2 Å². The number of nitrogens with one attached hydrogen (secondary N) is 1. The molecule has 12 heteroatoms.